The summed E-state index contributed by atoms with van der Waals surface area (Å²) < 4.78 is 0. The molecule has 1 amide bonds. The first-order valence-electron chi connectivity index (χ1n) is 7.05. The molecule has 0 aliphatic rings. The van der Waals surface area contributed by atoms with Gasteiger partial charge in [0.25, 0.3) is 5.91 Å². The van der Waals surface area contributed by atoms with Crippen LogP contribution in [0.4, 0.5) is 11.4 Å². The fourth-order valence-electron chi connectivity index (χ4n) is 2.26. The van der Waals surface area contributed by atoms with Gasteiger partial charge in [-0.15, -0.1) is 0 Å². The summed E-state index contributed by atoms with van der Waals surface area (Å²) in [7, 11) is 0. The van der Waals surface area contributed by atoms with Crippen molar-refractivity contribution in [2.24, 2.45) is 0 Å². The van der Waals surface area contributed by atoms with Crippen molar-refractivity contribution < 1.29 is 7.65 Å². The molecule has 3 aromatic rings. The highest BCUT2D eigenvalue weighted by Crippen LogP contribution is 2.27. The standard InChI is InChI=1S/C19H16N2O.2H2/c20-17-12-11-16(14-7-3-1-4-8-14)13-18(17)21-19(22)15-9-5-2-6-10-15;;/h1-13H,20H2,(H,21,22);2*1H. The molecule has 0 aliphatic heterocycles. The van der Waals surface area contributed by atoms with Crippen molar-refractivity contribution in [3.63, 3.8) is 0 Å². The van der Waals surface area contributed by atoms with Crippen molar-refractivity contribution in [3.05, 3.63) is 84.4 Å². The topological polar surface area (TPSA) is 55.1 Å². The molecule has 112 valence electrons. The van der Waals surface area contributed by atoms with E-state index in [1.807, 2.05) is 66.7 Å². The van der Waals surface area contributed by atoms with Gasteiger partial charge >= 0.3 is 0 Å². The number of nitrogens with two attached hydrogens (primary N) is 1. The number of carbonyl (C=O) groups excluding carboxylic acids is 1. The SMILES string of the molecule is Nc1ccc(-c2ccccc2)cc1NC(=O)c1ccccc1.[HH].[HH]. The van der Waals surface area contributed by atoms with E-state index in [4.69, 9.17) is 5.73 Å². The molecule has 0 aliphatic carbocycles. The molecule has 0 heterocycles. The fourth-order valence-corrected chi connectivity index (χ4v) is 2.26. The van der Waals surface area contributed by atoms with Crippen LogP contribution in [0.2, 0.25) is 0 Å². The first kappa shape index (κ1) is 13.9. The summed E-state index contributed by atoms with van der Waals surface area (Å²) >= 11 is 0. The van der Waals surface area contributed by atoms with Gasteiger partial charge in [0.05, 0.1) is 11.4 Å². The number of amides is 1. The highest BCUT2D eigenvalue weighted by molar-refractivity contribution is 6.06. The van der Waals surface area contributed by atoms with Crippen LogP contribution in [-0.4, -0.2) is 5.91 Å². The minimum absolute atomic E-state index is 0. The predicted molar refractivity (Wildman–Crippen MR) is 94.9 cm³/mol. The minimum Gasteiger partial charge on any atom is -0.397 e. The van der Waals surface area contributed by atoms with E-state index < -0.39 is 0 Å². The van der Waals surface area contributed by atoms with E-state index >= 15 is 0 Å². The number of nitrogens with one attached hydrogen (secondary N) is 1. The molecule has 3 aromatic carbocycles. The summed E-state index contributed by atoms with van der Waals surface area (Å²) in [4.78, 5) is 12.2. The molecular weight excluding hydrogens is 272 g/mol. The zero-order valence-corrected chi connectivity index (χ0v) is 12.0. The largest absolute Gasteiger partial charge is 0.397 e. The Hall–Kier alpha value is -3.07. The number of anilines is 2. The van der Waals surface area contributed by atoms with Crippen molar-refractivity contribution in [1.29, 1.82) is 0 Å². The van der Waals surface area contributed by atoms with Crippen LogP contribution in [0.15, 0.2) is 78.9 Å². The number of nitrogen functional groups attached to an aromatic ring is 1. The second-order valence-corrected chi connectivity index (χ2v) is 4.99. The van der Waals surface area contributed by atoms with Gasteiger partial charge in [0.2, 0.25) is 0 Å². The molecule has 3 rings (SSSR count). The Bertz CT molecular complexity index is 793. The summed E-state index contributed by atoms with van der Waals surface area (Å²) in [5, 5.41) is 2.87. The Kier molecular flexibility index (Phi) is 3.88. The van der Waals surface area contributed by atoms with Gasteiger partial charge in [-0.2, -0.15) is 0 Å². The van der Waals surface area contributed by atoms with Crippen LogP contribution in [-0.2, 0) is 0 Å². The average Bonchev–Trinajstić information content (AvgIpc) is 2.58. The van der Waals surface area contributed by atoms with Gasteiger partial charge in [0.1, 0.15) is 0 Å². The molecule has 0 atom stereocenters. The van der Waals surface area contributed by atoms with E-state index in [0.29, 0.717) is 16.9 Å². The molecule has 0 fully saturated rings. The molecule has 3 N–H and O–H groups in total. The molecule has 3 heteroatoms. The number of hydrogen-bond donors (Lipinski definition) is 2. The highest BCUT2D eigenvalue weighted by Gasteiger charge is 2.09. The molecule has 0 bridgehead atoms. The fraction of sp³-hybridized carbons (Fsp3) is 0. The summed E-state index contributed by atoms with van der Waals surface area (Å²) in [6.07, 6.45) is 0. The van der Waals surface area contributed by atoms with Gasteiger partial charge in [-0.25, -0.2) is 0 Å². The molecule has 0 spiro atoms. The first-order valence-corrected chi connectivity index (χ1v) is 7.05. The van der Waals surface area contributed by atoms with Crippen LogP contribution in [0.3, 0.4) is 0 Å². The molecule has 0 radical (unpaired) electrons. The average molecular weight is 292 g/mol. The number of benzene rings is 3. The van der Waals surface area contributed by atoms with E-state index in [1.165, 1.54) is 0 Å². The summed E-state index contributed by atoms with van der Waals surface area (Å²) in [5.41, 5.74) is 9.84. The maximum absolute atomic E-state index is 12.2. The van der Waals surface area contributed by atoms with Crippen LogP contribution >= 0.6 is 0 Å². The Morgan fingerprint density at radius 3 is 2.14 bits per heavy atom. The maximum Gasteiger partial charge on any atom is 0.255 e. The zero-order chi connectivity index (χ0) is 15.4. The molecule has 0 saturated heterocycles. The van der Waals surface area contributed by atoms with Gasteiger partial charge in [-0.05, 0) is 35.4 Å². The predicted octanol–water partition coefficient (Wildman–Crippen LogP) is 4.68. The Balaban J connectivity index is 0.00000144. The molecule has 0 unspecified atom stereocenters. The van der Waals surface area contributed by atoms with Crippen LogP contribution in [0.5, 0.6) is 0 Å². The summed E-state index contributed by atoms with van der Waals surface area (Å²) in [6.45, 7) is 0. The van der Waals surface area contributed by atoms with E-state index in [2.05, 4.69) is 5.32 Å². The third kappa shape index (κ3) is 2.99. The van der Waals surface area contributed by atoms with Crippen molar-refractivity contribution in [2.75, 3.05) is 11.1 Å². The van der Waals surface area contributed by atoms with Crippen LogP contribution in [0, 0.1) is 0 Å². The lowest BCUT2D eigenvalue weighted by atomic mass is 10.0. The van der Waals surface area contributed by atoms with E-state index in [-0.39, 0.29) is 8.76 Å². The normalized spacial score (nSPS) is 10.2. The third-order valence-corrected chi connectivity index (χ3v) is 3.44. The quantitative estimate of drug-likeness (QED) is 0.689. The van der Waals surface area contributed by atoms with Gasteiger partial charge in [0, 0.05) is 8.42 Å². The third-order valence-electron chi connectivity index (χ3n) is 3.44. The molecular formula is C19H20N2O. The number of carbonyl (C=O) groups is 1. The van der Waals surface area contributed by atoms with Crippen molar-refractivity contribution in [1.82, 2.24) is 0 Å². The van der Waals surface area contributed by atoms with Crippen LogP contribution in [0.1, 0.15) is 13.2 Å². The number of rotatable bonds is 3. The Morgan fingerprint density at radius 1 is 0.818 bits per heavy atom. The smallest absolute Gasteiger partial charge is 0.255 e. The zero-order valence-electron chi connectivity index (χ0n) is 12.0. The molecule has 0 saturated carbocycles. The number of hydrogen-bond acceptors (Lipinski definition) is 2. The van der Waals surface area contributed by atoms with Crippen molar-refractivity contribution in [2.45, 2.75) is 0 Å². The van der Waals surface area contributed by atoms with E-state index in [1.54, 1.807) is 12.1 Å². The lowest BCUT2D eigenvalue weighted by molar-refractivity contribution is 0.102. The van der Waals surface area contributed by atoms with Crippen molar-refractivity contribution >= 4 is 17.3 Å². The molecule has 0 aromatic heterocycles. The second kappa shape index (κ2) is 6.14. The monoisotopic (exact) mass is 292 g/mol. The summed E-state index contributed by atoms with van der Waals surface area (Å²) in [5.74, 6) is -0.169. The highest BCUT2D eigenvalue weighted by atomic mass is 16.1. The Morgan fingerprint density at radius 2 is 1.45 bits per heavy atom. The summed E-state index contributed by atoms with van der Waals surface area (Å²) in [6, 6.07) is 24.7. The van der Waals surface area contributed by atoms with E-state index in [0.717, 1.165) is 11.1 Å². The van der Waals surface area contributed by atoms with E-state index in [9.17, 15) is 4.79 Å². The second-order valence-electron chi connectivity index (χ2n) is 4.99. The van der Waals surface area contributed by atoms with Gasteiger partial charge in [-0.1, -0.05) is 54.6 Å². The van der Waals surface area contributed by atoms with Crippen LogP contribution < -0.4 is 11.1 Å². The van der Waals surface area contributed by atoms with Gasteiger partial charge in [0.15, 0.2) is 0 Å². The molecule has 3 nitrogen and oxygen atoms in total. The first-order chi connectivity index (χ1) is 10.7. The maximum atomic E-state index is 12.2. The lowest BCUT2D eigenvalue weighted by Gasteiger charge is -2.11. The Labute approximate surface area is 132 Å². The lowest BCUT2D eigenvalue weighted by Crippen LogP contribution is -2.13. The van der Waals surface area contributed by atoms with Crippen LogP contribution in [0.25, 0.3) is 11.1 Å². The van der Waals surface area contributed by atoms with Crippen molar-refractivity contribution in [3.8, 4) is 11.1 Å². The van der Waals surface area contributed by atoms with Gasteiger partial charge < -0.3 is 11.1 Å². The minimum atomic E-state index is -0.169. The van der Waals surface area contributed by atoms with Gasteiger partial charge in [-0.3, -0.25) is 4.79 Å². The molecule has 22 heavy (non-hydrogen) atoms.